The van der Waals surface area contributed by atoms with Gasteiger partial charge in [0.15, 0.2) is 0 Å². The van der Waals surface area contributed by atoms with E-state index in [0.29, 0.717) is 18.5 Å². The standard InChI is InChI=1S/C10H20N2O2/c1-8-9(4-5-10(13)14-3)12(2)7-6-11-8/h8-9,11H,4-7H2,1-3H3. The zero-order chi connectivity index (χ0) is 10.6. The summed E-state index contributed by atoms with van der Waals surface area (Å²) in [6, 6.07) is 0.904. The second-order valence-corrected chi connectivity index (χ2v) is 3.91. The van der Waals surface area contributed by atoms with Gasteiger partial charge in [-0.1, -0.05) is 0 Å². The van der Waals surface area contributed by atoms with E-state index in [4.69, 9.17) is 0 Å². The van der Waals surface area contributed by atoms with Crippen molar-refractivity contribution in [2.75, 3.05) is 27.2 Å². The summed E-state index contributed by atoms with van der Waals surface area (Å²) in [7, 11) is 3.55. The number of likely N-dealkylation sites (N-methyl/N-ethyl adjacent to an activating group) is 1. The van der Waals surface area contributed by atoms with Gasteiger partial charge in [-0.3, -0.25) is 4.79 Å². The SMILES string of the molecule is COC(=O)CCC1C(C)NCCN1C. The third-order valence-corrected chi connectivity index (χ3v) is 2.95. The molecule has 0 spiro atoms. The van der Waals surface area contributed by atoms with Crippen molar-refractivity contribution in [2.24, 2.45) is 0 Å². The van der Waals surface area contributed by atoms with E-state index >= 15 is 0 Å². The average Bonchev–Trinajstić information content (AvgIpc) is 2.16. The van der Waals surface area contributed by atoms with Gasteiger partial charge in [-0.2, -0.15) is 0 Å². The topological polar surface area (TPSA) is 41.6 Å². The molecule has 1 aliphatic heterocycles. The van der Waals surface area contributed by atoms with Crippen LogP contribution in [0.4, 0.5) is 0 Å². The van der Waals surface area contributed by atoms with Crippen molar-refractivity contribution < 1.29 is 9.53 Å². The smallest absolute Gasteiger partial charge is 0.305 e. The van der Waals surface area contributed by atoms with Gasteiger partial charge < -0.3 is 15.0 Å². The first-order chi connectivity index (χ1) is 6.65. The summed E-state index contributed by atoms with van der Waals surface area (Å²) in [6.45, 7) is 4.25. The highest BCUT2D eigenvalue weighted by Crippen LogP contribution is 2.13. The number of hydrogen-bond donors (Lipinski definition) is 1. The maximum atomic E-state index is 11.0. The Labute approximate surface area is 85.6 Å². The van der Waals surface area contributed by atoms with Gasteiger partial charge >= 0.3 is 5.97 Å². The second kappa shape index (κ2) is 5.32. The molecule has 0 aliphatic carbocycles. The van der Waals surface area contributed by atoms with Crippen LogP contribution in [0, 0.1) is 0 Å². The molecule has 1 rings (SSSR count). The number of nitrogens with one attached hydrogen (secondary N) is 1. The predicted octanol–water partition coefficient (Wildman–Crippen LogP) is 0.232. The number of ether oxygens (including phenoxy) is 1. The molecule has 2 unspecified atom stereocenters. The van der Waals surface area contributed by atoms with Crippen molar-refractivity contribution in [3.63, 3.8) is 0 Å². The number of esters is 1. The second-order valence-electron chi connectivity index (χ2n) is 3.91. The molecule has 82 valence electrons. The van der Waals surface area contributed by atoms with E-state index in [0.717, 1.165) is 19.5 Å². The average molecular weight is 200 g/mol. The molecule has 0 saturated carbocycles. The predicted molar refractivity (Wildman–Crippen MR) is 55.1 cm³/mol. The molecule has 1 saturated heterocycles. The molecule has 1 N–H and O–H groups in total. The number of carbonyl (C=O) groups excluding carboxylic acids is 1. The van der Waals surface area contributed by atoms with E-state index in [9.17, 15) is 4.79 Å². The molecule has 4 nitrogen and oxygen atoms in total. The largest absolute Gasteiger partial charge is 0.469 e. The van der Waals surface area contributed by atoms with Gasteiger partial charge in [0.1, 0.15) is 0 Å². The van der Waals surface area contributed by atoms with Gasteiger partial charge in [-0.15, -0.1) is 0 Å². The zero-order valence-electron chi connectivity index (χ0n) is 9.25. The van der Waals surface area contributed by atoms with Gasteiger partial charge in [0, 0.05) is 31.6 Å². The van der Waals surface area contributed by atoms with Crippen LogP contribution in [-0.4, -0.2) is 50.2 Å². The fourth-order valence-corrected chi connectivity index (χ4v) is 1.99. The summed E-state index contributed by atoms with van der Waals surface area (Å²) >= 11 is 0. The molecule has 4 heteroatoms. The highest BCUT2D eigenvalue weighted by molar-refractivity contribution is 5.69. The van der Waals surface area contributed by atoms with E-state index in [1.54, 1.807) is 0 Å². The molecular weight excluding hydrogens is 180 g/mol. The number of nitrogens with zero attached hydrogens (tertiary/aromatic N) is 1. The first-order valence-electron chi connectivity index (χ1n) is 5.15. The Balaban J connectivity index is 2.36. The van der Waals surface area contributed by atoms with Crippen molar-refractivity contribution in [1.82, 2.24) is 10.2 Å². The lowest BCUT2D eigenvalue weighted by Gasteiger charge is -2.38. The highest BCUT2D eigenvalue weighted by Gasteiger charge is 2.25. The lowest BCUT2D eigenvalue weighted by Crippen LogP contribution is -2.55. The van der Waals surface area contributed by atoms with Gasteiger partial charge in [-0.25, -0.2) is 0 Å². The third-order valence-electron chi connectivity index (χ3n) is 2.95. The summed E-state index contributed by atoms with van der Waals surface area (Å²) < 4.78 is 4.63. The van der Waals surface area contributed by atoms with Crippen molar-refractivity contribution >= 4 is 5.97 Å². The minimum absolute atomic E-state index is 0.115. The van der Waals surface area contributed by atoms with E-state index in [-0.39, 0.29) is 5.97 Å². The van der Waals surface area contributed by atoms with Crippen LogP contribution in [0.3, 0.4) is 0 Å². The summed E-state index contributed by atoms with van der Waals surface area (Å²) in [4.78, 5) is 13.3. The molecule has 0 radical (unpaired) electrons. The number of piperazine rings is 1. The zero-order valence-corrected chi connectivity index (χ0v) is 9.25. The summed E-state index contributed by atoms with van der Waals surface area (Å²) in [5.41, 5.74) is 0. The van der Waals surface area contributed by atoms with Crippen molar-refractivity contribution in [3.05, 3.63) is 0 Å². The Hall–Kier alpha value is -0.610. The van der Waals surface area contributed by atoms with Crippen molar-refractivity contribution in [3.8, 4) is 0 Å². The first kappa shape index (κ1) is 11.5. The Bertz CT molecular complexity index is 187. The number of hydrogen-bond acceptors (Lipinski definition) is 4. The van der Waals surface area contributed by atoms with Crippen LogP contribution in [0.1, 0.15) is 19.8 Å². The molecule has 1 aliphatic rings. The molecule has 14 heavy (non-hydrogen) atoms. The summed E-state index contributed by atoms with van der Waals surface area (Å²) in [6.07, 6.45) is 1.38. The minimum Gasteiger partial charge on any atom is -0.469 e. The molecule has 1 heterocycles. The van der Waals surface area contributed by atoms with Crippen molar-refractivity contribution in [1.29, 1.82) is 0 Å². The van der Waals surface area contributed by atoms with Crippen molar-refractivity contribution in [2.45, 2.75) is 31.8 Å². The molecule has 2 atom stereocenters. The first-order valence-corrected chi connectivity index (χ1v) is 5.15. The van der Waals surface area contributed by atoms with Crippen LogP contribution in [0.25, 0.3) is 0 Å². The fourth-order valence-electron chi connectivity index (χ4n) is 1.99. The van der Waals surface area contributed by atoms with Gasteiger partial charge in [0.25, 0.3) is 0 Å². The maximum absolute atomic E-state index is 11.0. The summed E-state index contributed by atoms with van der Waals surface area (Å²) in [5, 5.41) is 3.41. The Morgan fingerprint density at radius 3 is 2.93 bits per heavy atom. The molecule has 0 bridgehead atoms. The van der Waals surface area contributed by atoms with Crippen LogP contribution < -0.4 is 5.32 Å². The number of methoxy groups -OCH3 is 1. The number of rotatable bonds is 3. The maximum Gasteiger partial charge on any atom is 0.305 e. The van der Waals surface area contributed by atoms with Crippen LogP contribution in [0.2, 0.25) is 0 Å². The lowest BCUT2D eigenvalue weighted by molar-refractivity contribution is -0.141. The highest BCUT2D eigenvalue weighted by atomic mass is 16.5. The normalized spacial score (nSPS) is 28.8. The third kappa shape index (κ3) is 2.96. The quantitative estimate of drug-likeness (QED) is 0.662. The number of carbonyl (C=O) groups is 1. The summed E-state index contributed by atoms with van der Waals surface area (Å²) in [5.74, 6) is -0.115. The van der Waals surface area contributed by atoms with Crippen LogP contribution in [-0.2, 0) is 9.53 Å². The molecular formula is C10H20N2O2. The van der Waals surface area contributed by atoms with Crippen LogP contribution >= 0.6 is 0 Å². The Morgan fingerprint density at radius 1 is 1.64 bits per heavy atom. The Kier molecular flexibility index (Phi) is 4.35. The van der Waals surface area contributed by atoms with E-state index in [2.05, 4.69) is 28.9 Å². The monoisotopic (exact) mass is 200 g/mol. The van der Waals surface area contributed by atoms with Crippen LogP contribution in [0.15, 0.2) is 0 Å². The van der Waals surface area contributed by atoms with Gasteiger partial charge in [-0.05, 0) is 20.4 Å². The van der Waals surface area contributed by atoms with E-state index < -0.39 is 0 Å². The molecule has 0 amide bonds. The fraction of sp³-hybridized carbons (Fsp3) is 0.900. The molecule has 0 aromatic heterocycles. The molecule has 1 fully saturated rings. The van der Waals surface area contributed by atoms with Crippen LogP contribution in [0.5, 0.6) is 0 Å². The van der Waals surface area contributed by atoms with Gasteiger partial charge in [0.05, 0.1) is 7.11 Å². The minimum atomic E-state index is -0.115. The molecule has 0 aromatic carbocycles. The van der Waals surface area contributed by atoms with E-state index in [1.807, 2.05) is 0 Å². The lowest BCUT2D eigenvalue weighted by atomic mass is 10.0. The van der Waals surface area contributed by atoms with E-state index in [1.165, 1.54) is 7.11 Å². The Morgan fingerprint density at radius 2 is 2.36 bits per heavy atom. The van der Waals surface area contributed by atoms with Gasteiger partial charge in [0.2, 0.25) is 0 Å². The molecule has 0 aromatic rings.